The number of likely N-dealkylation sites (tertiary alicyclic amines) is 2. The number of carbonyl (C=O) groups excluding carboxylic acids is 3. The Balaban J connectivity index is 1.43. The van der Waals surface area contributed by atoms with Crippen LogP contribution in [0.25, 0.3) is 0 Å². The lowest BCUT2D eigenvalue weighted by Crippen LogP contribution is -2.44. The summed E-state index contributed by atoms with van der Waals surface area (Å²) in [6.07, 6.45) is 4.09. The summed E-state index contributed by atoms with van der Waals surface area (Å²) in [4.78, 5) is 52.5. The fourth-order valence-corrected chi connectivity index (χ4v) is 4.61. The molecule has 3 amide bonds. The van der Waals surface area contributed by atoms with Crippen molar-refractivity contribution in [3.05, 3.63) is 29.8 Å². The van der Waals surface area contributed by atoms with Crippen molar-refractivity contribution in [2.75, 3.05) is 31.5 Å². The Labute approximate surface area is 206 Å². The SMILES string of the molecule is CC(C)(C)OC(=O)N1CCC(CCC(=O)N2CCCC(C(=O)Nc3cccc(C(=O)O)c3)C2)CC1. The summed E-state index contributed by atoms with van der Waals surface area (Å²) in [5.41, 5.74) is 0.0442. The Morgan fingerprint density at radius 2 is 1.77 bits per heavy atom. The van der Waals surface area contributed by atoms with E-state index in [0.29, 0.717) is 50.6 Å². The summed E-state index contributed by atoms with van der Waals surface area (Å²) in [6.45, 7) is 7.87. The van der Waals surface area contributed by atoms with Gasteiger partial charge in [0.1, 0.15) is 5.60 Å². The molecule has 1 aromatic rings. The zero-order valence-electron chi connectivity index (χ0n) is 20.9. The smallest absolute Gasteiger partial charge is 0.410 e. The van der Waals surface area contributed by atoms with Gasteiger partial charge in [0.15, 0.2) is 0 Å². The number of rotatable bonds is 6. The third-order valence-electron chi connectivity index (χ3n) is 6.55. The second kappa shape index (κ2) is 11.6. The quantitative estimate of drug-likeness (QED) is 0.627. The topological polar surface area (TPSA) is 116 Å². The Morgan fingerprint density at radius 3 is 2.43 bits per heavy atom. The van der Waals surface area contributed by atoms with Gasteiger partial charge in [0.25, 0.3) is 0 Å². The lowest BCUT2D eigenvalue weighted by molar-refractivity contribution is -0.135. The van der Waals surface area contributed by atoms with Gasteiger partial charge in [-0.05, 0) is 77.0 Å². The fourth-order valence-electron chi connectivity index (χ4n) is 4.61. The molecule has 0 aromatic heterocycles. The first-order valence-electron chi connectivity index (χ1n) is 12.4. The maximum absolute atomic E-state index is 12.9. The molecule has 2 fully saturated rings. The highest BCUT2D eigenvalue weighted by molar-refractivity contribution is 5.95. The van der Waals surface area contributed by atoms with Crippen molar-refractivity contribution in [3.8, 4) is 0 Å². The van der Waals surface area contributed by atoms with Crippen molar-refractivity contribution < 1.29 is 29.0 Å². The molecule has 2 saturated heterocycles. The van der Waals surface area contributed by atoms with E-state index in [1.165, 1.54) is 12.1 Å². The van der Waals surface area contributed by atoms with E-state index in [1.807, 2.05) is 20.8 Å². The number of nitrogens with one attached hydrogen (secondary N) is 1. The molecule has 0 radical (unpaired) electrons. The number of carboxylic acid groups (broad SMARTS) is 1. The van der Waals surface area contributed by atoms with Gasteiger partial charge in [-0.25, -0.2) is 9.59 Å². The maximum atomic E-state index is 12.9. The molecule has 192 valence electrons. The first-order chi connectivity index (χ1) is 16.5. The number of hydrogen-bond acceptors (Lipinski definition) is 5. The van der Waals surface area contributed by atoms with Gasteiger partial charge in [-0.15, -0.1) is 0 Å². The highest BCUT2D eigenvalue weighted by atomic mass is 16.6. The highest BCUT2D eigenvalue weighted by Crippen LogP contribution is 2.25. The van der Waals surface area contributed by atoms with Crippen LogP contribution in [0.4, 0.5) is 10.5 Å². The second-order valence-electron chi connectivity index (χ2n) is 10.5. The van der Waals surface area contributed by atoms with Gasteiger partial charge in [0.05, 0.1) is 11.5 Å². The number of piperidine rings is 2. The van der Waals surface area contributed by atoms with Gasteiger partial charge in [-0.2, -0.15) is 0 Å². The van der Waals surface area contributed by atoms with Crippen LogP contribution in [0.2, 0.25) is 0 Å². The van der Waals surface area contributed by atoms with Crippen LogP contribution in [0.1, 0.15) is 69.7 Å². The number of carboxylic acids is 1. The van der Waals surface area contributed by atoms with Crippen LogP contribution in [-0.4, -0.2) is 70.6 Å². The standard InChI is InChI=1S/C26H37N3O6/c1-26(2,3)35-25(34)28-14-11-18(12-15-28)9-10-22(30)29-13-5-7-20(17-29)23(31)27-21-8-4-6-19(16-21)24(32)33/h4,6,8,16,18,20H,5,7,9-15,17H2,1-3H3,(H,27,31)(H,32,33). The van der Waals surface area contributed by atoms with E-state index in [-0.39, 0.29) is 29.4 Å². The van der Waals surface area contributed by atoms with Gasteiger partial charge in [-0.1, -0.05) is 6.07 Å². The predicted octanol–water partition coefficient (Wildman–Crippen LogP) is 3.99. The summed E-state index contributed by atoms with van der Waals surface area (Å²) < 4.78 is 5.44. The second-order valence-corrected chi connectivity index (χ2v) is 10.5. The molecule has 0 aliphatic carbocycles. The van der Waals surface area contributed by atoms with Gasteiger partial charge in [0, 0.05) is 38.3 Å². The Bertz CT molecular complexity index is 933. The molecule has 9 nitrogen and oxygen atoms in total. The summed E-state index contributed by atoms with van der Waals surface area (Å²) in [5.74, 6) is -1.11. The molecule has 2 heterocycles. The minimum Gasteiger partial charge on any atom is -0.478 e. The first kappa shape index (κ1) is 26.5. The minimum atomic E-state index is -1.05. The molecule has 2 N–H and O–H groups in total. The molecular weight excluding hydrogens is 450 g/mol. The molecular formula is C26H37N3O6. The van der Waals surface area contributed by atoms with Gasteiger partial charge in [0.2, 0.25) is 11.8 Å². The fraction of sp³-hybridized carbons (Fsp3) is 0.615. The molecule has 0 saturated carbocycles. The summed E-state index contributed by atoms with van der Waals surface area (Å²) >= 11 is 0. The van der Waals surface area contributed by atoms with Crippen LogP contribution in [0.5, 0.6) is 0 Å². The van der Waals surface area contributed by atoms with E-state index in [4.69, 9.17) is 9.84 Å². The molecule has 2 aliphatic rings. The molecule has 3 rings (SSSR count). The minimum absolute atomic E-state index is 0.0601. The lowest BCUT2D eigenvalue weighted by atomic mass is 9.91. The molecule has 1 aromatic carbocycles. The number of hydrogen-bond donors (Lipinski definition) is 2. The lowest BCUT2D eigenvalue weighted by Gasteiger charge is -2.34. The molecule has 0 spiro atoms. The van der Waals surface area contributed by atoms with E-state index in [1.54, 1.807) is 21.9 Å². The molecule has 2 aliphatic heterocycles. The monoisotopic (exact) mass is 487 g/mol. The number of anilines is 1. The highest BCUT2D eigenvalue weighted by Gasteiger charge is 2.30. The van der Waals surface area contributed by atoms with Crippen LogP contribution in [0, 0.1) is 11.8 Å². The Kier molecular flexibility index (Phi) is 8.75. The molecule has 0 bridgehead atoms. The average molecular weight is 488 g/mol. The van der Waals surface area contributed by atoms with E-state index in [9.17, 15) is 19.2 Å². The number of amides is 3. The van der Waals surface area contributed by atoms with E-state index < -0.39 is 11.6 Å². The van der Waals surface area contributed by atoms with Gasteiger partial charge in [-0.3, -0.25) is 9.59 Å². The number of aromatic carboxylic acids is 1. The zero-order chi connectivity index (χ0) is 25.6. The van der Waals surface area contributed by atoms with E-state index in [0.717, 1.165) is 25.7 Å². The van der Waals surface area contributed by atoms with Crippen molar-refractivity contribution in [3.63, 3.8) is 0 Å². The van der Waals surface area contributed by atoms with Crippen molar-refractivity contribution in [2.24, 2.45) is 11.8 Å². The zero-order valence-corrected chi connectivity index (χ0v) is 20.9. The normalized spacial score (nSPS) is 19.2. The summed E-state index contributed by atoms with van der Waals surface area (Å²) in [7, 11) is 0. The summed E-state index contributed by atoms with van der Waals surface area (Å²) in [5, 5.41) is 11.9. The third kappa shape index (κ3) is 7.97. The predicted molar refractivity (Wildman–Crippen MR) is 131 cm³/mol. The number of benzene rings is 1. The van der Waals surface area contributed by atoms with Gasteiger partial charge >= 0.3 is 12.1 Å². The molecule has 35 heavy (non-hydrogen) atoms. The van der Waals surface area contributed by atoms with Crippen molar-refractivity contribution in [1.29, 1.82) is 0 Å². The van der Waals surface area contributed by atoms with Gasteiger partial charge < -0.3 is 25.0 Å². The number of carbonyl (C=O) groups is 4. The largest absolute Gasteiger partial charge is 0.478 e. The van der Waals surface area contributed by atoms with Crippen molar-refractivity contribution in [1.82, 2.24) is 9.80 Å². The van der Waals surface area contributed by atoms with Crippen LogP contribution >= 0.6 is 0 Å². The Morgan fingerprint density at radius 1 is 1.06 bits per heavy atom. The molecule has 1 atom stereocenters. The van der Waals surface area contributed by atoms with E-state index in [2.05, 4.69) is 5.32 Å². The molecule has 9 heteroatoms. The number of nitrogens with zero attached hydrogens (tertiary/aromatic N) is 2. The van der Waals surface area contributed by atoms with Crippen LogP contribution in [-0.2, 0) is 14.3 Å². The maximum Gasteiger partial charge on any atom is 0.410 e. The van der Waals surface area contributed by atoms with E-state index >= 15 is 0 Å². The van der Waals surface area contributed by atoms with Crippen molar-refractivity contribution >= 4 is 29.6 Å². The Hall–Kier alpha value is -3.10. The van der Waals surface area contributed by atoms with Crippen molar-refractivity contribution in [2.45, 2.75) is 64.9 Å². The molecule has 1 unspecified atom stereocenters. The van der Waals surface area contributed by atoms with Crippen LogP contribution in [0.15, 0.2) is 24.3 Å². The average Bonchev–Trinajstić information content (AvgIpc) is 2.82. The summed E-state index contributed by atoms with van der Waals surface area (Å²) in [6, 6.07) is 6.15. The number of ether oxygens (including phenoxy) is 1. The van der Waals surface area contributed by atoms with Crippen LogP contribution < -0.4 is 5.32 Å². The first-order valence-corrected chi connectivity index (χ1v) is 12.4. The van der Waals surface area contributed by atoms with Crippen LogP contribution in [0.3, 0.4) is 0 Å². The third-order valence-corrected chi connectivity index (χ3v) is 6.55.